The van der Waals surface area contributed by atoms with Crippen LogP contribution in [0, 0.1) is 5.92 Å². The van der Waals surface area contributed by atoms with Gasteiger partial charge in [0.1, 0.15) is 11.6 Å². The maximum absolute atomic E-state index is 12.3. The predicted molar refractivity (Wildman–Crippen MR) is 112 cm³/mol. The zero-order valence-corrected chi connectivity index (χ0v) is 18.8. The average Bonchev–Trinajstić information content (AvgIpc) is 3.11. The van der Waals surface area contributed by atoms with Gasteiger partial charge in [0.05, 0.1) is 5.75 Å². The van der Waals surface area contributed by atoms with E-state index in [-0.39, 0.29) is 28.6 Å². The fourth-order valence-electron chi connectivity index (χ4n) is 2.37. The van der Waals surface area contributed by atoms with E-state index in [1.165, 1.54) is 0 Å². The van der Waals surface area contributed by atoms with Crippen LogP contribution in [0.1, 0.15) is 63.3 Å². The largest absolute Gasteiger partial charge is 0.444 e. The Hall–Kier alpha value is -2.06. The lowest BCUT2D eigenvalue weighted by Crippen LogP contribution is -2.37. The first-order valence-corrected chi connectivity index (χ1v) is 10.7. The lowest BCUT2D eigenvalue weighted by molar-refractivity contribution is 0.0473. The fourth-order valence-corrected chi connectivity index (χ4v) is 3.16. The highest BCUT2D eigenvalue weighted by atomic mass is 35.5. The molecule has 0 spiro atoms. The van der Waals surface area contributed by atoms with Crippen LogP contribution in [0.5, 0.6) is 0 Å². The van der Waals surface area contributed by atoms with Crippen molar-refractivity contribution >= 4 is 35.2 Å². The molecule has 2 aromatic rings. The molecule has 29 heavy (non-hydrogen) atoms. The van der Waals surface area contributed by atoms with Gasteiger partial charge in [0.2, 0.25) is 5.89 Å². The Morgan fingerprint density at radius 3 is 2.48 bits per heavy atom. The van der Waals surface area contributed by atoms with Crippen LogP contribution in [-0.4, -0.2) is 33.4 Å². The summed E-state index contributed by atoms with van der Waals surface area (Å²) >= 11 is 6.99. The summed E-state index contributed by atoms with van der Waals surface area (Å²) in [6, 6.07) is 6.21. The first-order chi connectivity index (χ1) is 13.6. The number of rotatable bonds is 8. The standard InChI is InChI=1S/C20H26ClN3O4S/c1-6-12(2)16(22-18(26)28-20(3,4)5)17-23-24-19(27-17)29-11-15(25)13-7-9-14(21)10-8-13/h7-10,12,16H,6,11H2,1-5H3,(H,22,26)/t12-,16-/m1/s1. The van der Waals surface area contributed by atoms with E-state index in [0.29, 0.717) is 10.6 Å². The van der Waals surface area contributed by atoms with E-state index in [4.69, 9.17) is 20.8 Å². The van der Waals surface area contributed by atoms with Crippen LogP contribution in [0.25, 0.3) is 0 Å². The highest BCUT2D eigenvalue weighted by Crippen LogP contribution is 2.27. The number of nitrogens with zero attached hydrogens (tertiary/aromatic N) is 2. The molecule has 0 saturated heterocycles. The Kier molecular flexibility index (Phi) is 8.10. The van der Waals surface area contributed by atoms with E-state index >= 15 is 0 Å². The third kappa shape index (κ3) is 7.36. The maximum atomic E-state index is 12.3. The number of ketones is 1. The van der Waals surface area contributed by atoms with Gasteiger partial charge in [0, 0.05) is 10.6 Å². The first kappa shape index (κ1) is 23.2. The maximum Gasteiger partial charge on any atom is 0.408 e. The lowest BCUT2D eigenvalue weighted by atomic mass is 9.99. The van der Waals surface area contributed by atoms with Crippen LogP contribution in [0.15, 0.2) is 33.9 Å². The second kappa shape index (κ2) is 10.1. The molecule has 2 atom stereocenters. The van der Waals surface area contributed by atoms with Crippen molar-refractivity contribution < 1.29 is 18.7 Å². The Morgan fingerprint density at radius 1 is 1.24 bits per heavy atom. The van der Waals surface area contributed by atoms with Crippen LogP contribution < -0.4 is 5.32 Å². The van der Waals surface area contributed by atoms with Crippen molar-refractivity contribution in [3.05, 3.63) is 40.7 Å². The van der Waals surface area contributed by atoms with E-state index in [9.17, 15) is 9.59 Å². The number of halogens is 1. The quantitative estimate of drug-likeness (QED) is 0.439. The number of nitrogens with one attached hydrogen (secondary N) is 1. The van der Waals surface area contributed by atoms with Crippen LogP contribution in [0.2, 0.25) is 5.02 Å². The second-order valence-corrected chi connectivity index (χ2v) is 9.00. The van der Waals surface area contributed by atoms with E-state index in [1.54, 1.807) is 45.0 Å². The fraction of sp³-hybridized carbons (Fsp3) is 0.500. The smallest absolute Gasteiger partial charge is 0.408 e. The molecule has 0 aliphatic heterocycles. The SMILES string of the molecule is CC[C@@H](C)[C@@H](NC(=O)OC(C)(C)C)c1nnc(SCC(=O)c2ccc(Cl)cc2)o1. The number of carbonyl (C=O) groups is 2. The van der Waals surface area contributed by atoms with E-state index < -0.39 is 17.7 Å². The lowest BCUT2D eigenvalue weighted by Gasteiger charge is -2.24. The average molecular weight is 440 g/mol. The molecule has 0 aliphatic carbocycles. The summed E-state index contributed by atoms with van der Waals surface area (Å²) < 4.78 is 11.0. The van der Waals surface area contributed by atoms with Gasteiger partial charge >= 0.3 is 6.09 Å². The number of hydrogen-bond donors (Lipinski definition) is 1. The van der Waals surface area contributed by atoms with Crippen molar-refractivity contribution in [1.82, 2.24) is 15.5 Å². The van der Waals surface area contributed by atoms with Crippen molar-refractivity contribution in [1.29, 1.82) is 0 Å². The van der Waals surface area contributed by atoms with Gasteiger partial charge in [0.25, 0.3) is 5.22 Å². The Bertz CT molecular complexity index is 833. The zero-order valence-electron chi connectivity index (χ0n) is 17.2. The van der Waals surface area contributed by atoms with Gasteiger partial charge in [-0.15, -0.1) is 10.2 Å². The summed E-state index contributed by atoms with van der Waals surface area (Å²) in [4.78, 5) is 24.5. The van der Waals surface area contributed by atoms with Crippen molar-refractivity contribution in [2.45, 2.75) is 57.9 Å². The summed E-state index contributed by atoms with van der Waals surface area (Å²) in [5.41, 5.74) is -0.0483. The predicted octanol–water partition coefficient (Wildman–Crippen LogP) is 5.31. The molecule has 1 amide bonds. The molecule has 1 aromatic heterocycles. The molecule has 2 rings (SSSR count). The summed E-state index contributed by atoms with van der Waals surface area (Å²) in [7, 11) is 0. The summed E-state index contributed by atoms with van der Waals surface area (Å²) in [6.07, 6.45) is 0.244. The molecule has 0 bridgehead atoms. The third-order valence-electron chi connectivity index (χ3n) is 4.07. The van der Waals surface area contributed by atoms with Gasteiger partial charge in [-0.05, 0) is 51.0 Å². The van der Waals surface area contributed by atoms with Gasteiger partial charge in [-0.2, -0.15) is 0 Å². The molecule has 0 aliphatic rings. The number of hydrogen-bond acceptors (Lipinski definition) is 7. The molecular formula is C20H26ClN3O4S. The molecule has 1 N–H and O–H groups in total. The summed E-state index contributed by atoms with van der Waals surface area (Å²) in [5, 5.41) is 11.7. The number of amides is 1. The molecule has 1 heterocycles. The van der Waals surface area contributed by atoms with E-state index in [2.05, 4.69) is 15.5 Å². The molecule has 0 saturated carbocycles. The van der Waals surface area contributed by atoms with Crippen molar-refractivity contribution in [2.24, 2.45) is 5.92 Å². The Morgan fingerprint density at radius 2 is 1.90 bits per heavy atom. The summed E-state index contributed by atoms with van der Waals surface area (Å²) in [6.45, 7) is 9.37. The van der Waals surface area contributed by atoms with Crippen LogP contribution >= 0.6 is 23.4 Å². The molecule has 1 aromatic carbocycles. The molecule has 0 unspecified atom stereocenters. The number of benzene rings is 1. The molecule has 7 nitrogen and oxygen atoms in total. The Labute approximate surface area is 179 Å². The minimum absolute atomic E-state index is 0.0523. The molecule has 0 radical (unpaired) electrons. The number of alkyl carbamates (subject to hydrolysis) is 1. The number of ether oxygens (including phenoxy) is 1. The molecule has 9 heteroatoms. The molecule has 158 valence electrons. The van der Waals surface area contributed by atoms with Gasteiger partial charge in [-0.25, -0.2) is 4.79 Å². The van der Waals surface area contributed by atoms with Gasteiger partial charge in [-0.3, -0.25) is 4.79 Å². The van der Waals surface area contributed by atoms with E-state index in [0.717, 1.165) is 18.2 Å². The molecule has 0 fully saturated rings. The van der Waals surface area contributed by atoms with Gasteiger partial charge < -0.3 is 14.5 Å². The van der Waals surface area contributed by atoms with Crippen molar-refractivity contribution in [3.63, 3.8) is 0 Å². The summed E-state index contributed by atoms with van der Waals surface area (Å²) in [5.74, 6) is 0.413. The highest BCUT2D eigenvalue weighted by molar-refractivity contribution is 7.99. The topological polar surface area (TPSA) is 94.3 Å². The van der Waals surface area contributed by atoms with Crippen LogP contribution in [0.3, 0.4) is 0 Å². The number of carbonyl (C=O) groups excluding carboxylic acids is 2. The second-order valence-electron chi connectivity index (χ2n) is 7.63. The highest BCUT2D eigenvalue weighted by Gasteiger charge is 2.28. The minimum atomic E-state index is -0.609. The normalized spacial score (nSPS) is 13.6. The van der Waals surface area contributed by atoms with Crippen molar-refractivity contribution in [3.8, 4) is 0 Å². The zero-order chi connectivity index (χ0) is 21.6. The molecular weight excluding hydrogens is 414 g/mol. The van der Waals surface area contributed by atoms with Gasteiger partial charge in [0.15, 0.2) is 5.78 Å². The van der Waals surface area contributed by atoms with Gasteiger partial charge in [-0.1, -0.05) is 43.6 Å². The van der Waals surface area contributed by atoms with E-state index in [1.807, 2.05) is 13.8 Å². The number of thioether (sulfide) groups is 1. The Balaban J connectivity index is 2.02. The van der Waals surface area contributed by atoms with Crippen molar-refractivity contribution in [2.75, 3.05) is 5.75 Å². The minimum Gasteiger partial charge on any atom is -0.444 e. The first-order valence-electron chi connectivity index (χ1n) is 9.33. The third-order valence-corrected chi connectivity index (χ3v) is 5.14. The monoisotopic (exact) mass is 439 g/mol. The van der Waals surface area contributed by atoms with Crippen LogP contribution in [0.4, 0.5) is 4.79 Å². The number of aromatic nitrogens is 2. The number of Topliss-reactive ketones (excluding diaryl/α,β-unsaturated/α-hetero) is 1. The van der Waals surface area contributed by atoms with Crippen LogP contribution in [-0.2, 0) is 4.74 Å².